The first-order chi connectivity index (χ1) is 20.4. The van der Waals surface area contributed by atoms with E-state index in [2.05, 4.69) is 47.9 Å². The van der Waals surface area contributed by atoms with Gasteiger partial charge in [0.15, 0.2) is 5.82 Å². The molecule has 11 heteroatoms. The summed E-state index contributed by atoms with van der Waals surface area (Å²) in [4.78, 5) is 18.4. The van der Waals surface area contributed by atoms with E-state index in [4.69, 9.17) is 5.73 Å². The molecule has 9 nitrogen and oxygen atoms in total. The molecule has 3 aromatic heterocycles. The molecular weight excluding hydrogens is 536 g/mol. The summed E-state index contributed by atoms with van der Waals surface area (Å²) in [5, 5.41) is 4.10. The summed E-state index contributed by atoms with van der Waals surface area (Å²) >= 11 is 0. The maximum absolute atomic E-state index is 14.3. The Hall–Kier alpha value is -4.09. The molecule has 3 N–H and O–H groups in total. The lowest BCUT2D eigenvalue weighted by Crippen LogP contribution is -2.49. The number of hydrogen-bond donors (Lipinski definition) is 2. The number of aryl methyl sites for hydroxylation is 1. The number of imidazole rings is 1. The molecule has 0 unspecified atom stereocenters. The summed E-state index contributed by atoms with van der Waals surface area (Å²) < 4.78 is 32.0. The number of fused-ring (bicyclic) bond motifs is 2. The molecule has 1 saturated carbocycles. The third-order valence-corrected chi connectivity index (χ3v) is 9.11. The Bertz CT molecular complexity index is 1740. The van der Waals surface area contributed by atoms with Crippen LogP contribution in [0.2, 0.25) is 0 Å². The van der Waals surface area contributed by atoms with Gasteiger partial charge in [0.2, 0.25) is 5.95 Å². The highest BCUT2D eigenvalue weighted by atomic mass is 19.1. The number of nitrogens with one attached hydrogen (secondary N) is 1. The number of hydrogen-bond acceptors (Lipinski definition) is 7. The molecule has 1 aliphatic carbocycles. The highest BCUT2D eigenvalue weighted by molar-refractivity contribution is 6.00. The van der Waals surface area contributed by atoms with Gasteiger partial charge in [-0.15, -0.1) is 0 Å². The molecule has 0 bridgehead atoms. The third kappa shape index (κ3) is 4.76. The number of nitrogen functional groups attached to an aromatic ring is 1. The van der Waals surface area contributed by atoms with Crippen molar-refractivity contribution in [2.45, 2.75) is 37.8 Å². The second kappa shape index (κ2) is 10.6. The first kappa shape index (κ1) is 26.8. The van der Waals surface area contributed by atoms with Crippen LogP contribution in [-0.4, -0.2) is 73.2 Å². The van der Waals surface area contributed by atoms with Crippen LogP contribution in [-0.2, 0) is 7.05 Å². The molecule has 42 heavy (non-hydrogen) atoms. The molecule has 2 aliphatic rings. The summed E-state index contributed by atoms with van der Waals surface area (Å²) in [6.45, 7) is 4.60. The molecule has 0 amide bonds. The smallest absolute Gasteiger partial charge is 0.208 e. The van der Waals surface area contributed by atoms with Crippen molar-refractivity contribution in [3.63, 3.8) is 0 Å². The van der Waals surface area contributed by atoms with Crippen LogP contribution in [0.3, 0.4) is 0 Å². The van der Waals surface area contributed by atoms with Gasteiger partial charge in [-0.2, -0.15) is 0 Å². The van der Waals surface area contributed by atoms with Gasteiger partial charge in [-0.1, -0.05) is 12.1 Å². The van der Waals surface area contributed by atoms with E-state index in [9.17, 15) is 8.78 Å². The quantitative estimate of drug-likeness (QED) is 0.295. The molecule has 0 spiro atoms. The monoisotopic (exact) mass is 571 g/mol. The Morgan fingerprint density at radius 1 is 0.905 bits per heavy atom. The summed E-state index contributed by atoms with van der Waals surface area (Å²) in [5.41, 5.74) is 10.6. The molecular formula is C31H35F2N9. The number of anilines is 3. The molecule has 0 radical (unpaired) electrons. The van der Waals surface area contributed by atoms with Gasteiger partial charge in [0.25, 0.3) is 0 Å². The van der Waals surface area contributed by atoms with Crippen LogP contribution < -0.4 is 11.1 Å². The average molecular weight is 572 g/mol. The molecule has 218 valence electrons. The molecule has 4 heterocycles. The van der Waals surface area contributed by atoms with Gasteiger partial charge in [0.05, 0.1) is 10.9 Å². The Morgan fingerprint density at radius 3 is 2.36 bits per heavy atom. The molecule has 1 aliphatic heterocycles. The Morgan fingerprint density at radius 2 is 1.62 bits per heavy atom. The number of likely N-dealkylation sites (N-methyl/N-ethyl adjacent to an activating group) is 1. The van der Waals surface area contributed by atoms with Gasteiger partial charge in [-0.25, -0.2) is 23.7 Å². The van der Waals surface area contributed by atoms with E-state index < -0.39 is 11.6 Å². The lowest BCUT2D eigenvalue weighted by molar-refractivity contribution is 0.0828. The standard InChI is InChI=1S/C31H35F2N9/c1-39-11-13-41(14-12-39)22-7-9-23(10-8-22)42-17-24(27-29(34)35-18-36-30(27)42)19-3-5-21(6-4-19)37-31-38-28-25(33)15-20(32)16-26(28)40(31)2/h3-6,15-18,22-23H,7-14H2,1-2H3,(H,37,38)(H2,34,35,36). The molecule has 1 saturated heterocycles. The summed E-state index contributed by atoms with van der Waals surface area (Å²) in [6.07, 6.45) is 8.31. The number of nitrogens with zero attached hydrogens (tertiary/aromatic N) is 7. The fraction of sp³-hybridized carbons (Fsp3) is 0.387. The number of rotatable bonds is 5. The van der Waals surface area contributed by atoms with Crippen LogP contribution in [0.4, 0.5) is 26.2 Å². The van der Waals surface area contributed by atoms with Crippen molar-refractivity contribution in [1.82, 2.24) is 33.9 Å². The molecule has 5 aromatic rings. The normalized spacial score (nSPS) is 20.5. The van der Waals surface area contributed by atoms with E-state index in [1.165, 1.54) is 18.9 Å². The fourth-order valence-electron chi connectivity index (χ4n) is 6.68. The van der Waals surface area contributed by atoms with Crippen molar-refractivity contribution >= 4 is 39.5 Å². The highest BCUT2D eigenvalue weighted by Gasteiger charge is 2.30. The van der Waals surface area contributed by atoms with Gasteiger partial charge in [0.1, 0.15) is 29.1 Å². The van der Waals surface area contributed by atoms with E-state index in [0.29, 0.717) is 29.4 Å². The predicted octanol–water partition coefficient (Wildman–Crippen LogP) is 5.32. The van der Waals surface area contributed by atoms with Gasteiger partial charge in [-0.3, -0.25) is 4.90 Å². The largest absolute Gasteiger partial charge is 0.383 e. The summed E-state index contributed by atoms with van der Waals surface area (Å²) in [5.74, 6) is -0.433. The minimum Gasteiger partial charge on any atom is -0.383 e. The van der Waals surface area contributed by atoms with E-state index >= 15 is 0 Å². The van der Waals surface area contributed by atoms with E-state index in [-0.39, 0.29) is 5.52 Å². The molecule has 2 aromatic carbocycles. The van der Waals surface area contributed by atoms with Gasteiger partial charge >= 0.3 is 0 Å². The van der Waals surface area contributed by atoms with Crippen molar-refractivity contribution in [2.24, 2.45) is 7.05 Å². The van der Waals surface area contributed by atoms with Crippen LogP contribution in [0.1, 0.15) is 31.7 Å². The number of aromatic nitrogens is 5. The van der Waals surface area contributed by atoms with E-state index in [1.807, 2.05) is 24.3 Å². The van der Waals surface area contributed by atoms with E-state index in [1.54, 1.807) is 17.9 Å². The first-order valence-corrected chi connectivity index (χ1v) is 14.6. The molecule has 2 fully saturated rings. The van der Waals surface area contributed by atoms with Crippen LogP contribution in [0.5, 0.6) is 0 Å². The van der Waals surface area contributed by atoms with Crippen molar-refractivity contribution in [2.75, 3.05) is 44.3 Å². The zero-order valence-corrected chi connectivity index (χ0v) is 23.9. The topological polar surface area (TPSA) is 93.1 Å². The number of nitrogens with two attached hydrogens (primary N) is 1. The van der Waals surface area contributed by atoms with Crippen molar-refractivity contribution in [3.05, 3.63) is 60.6 Å². The van der Waals surface area contributed by atoms with Gasteiger partial charge in [-0.05, 0) is 50.4 Å². The maximum Gasteiger partial charge on any atom is 0.208 e. The SMILES string of the molecule is CN1CCN(C2CCC(n3cc(-c4ccc(Nc5nc6c(F)cc(F)cc6n5C)cc4)c4c(N)ncnc43)CC2)CC1. The van der Waals surface area contributed by atoms with Crippen LogP contribution in [0.25, 0.3) is 33.2 Å². The lowest BCUT2D eigenvalue weighted by Gasteiger charge is -2.41. The van der Waals surface area contributed by atoms with Crippen LogP contribution in [0, 0.1) is 11.6 Å². The summed E-state index contributed by atoms with van der Waals surface area (Å²) in [6, 6.07) is 11.1. The van der Waals surface area contributed by atoms with Crippen LogP contribution >= 0.6 is 0 Å². The van der Waals surface area contributed by atoms with Gasteiger partial charge < -0.3 is 25.1 Å². The van der Waals surface area contributed by atoms with Crippen molar-refractivity contribution in [3.8, 4) is 11.1 Å². The lowest BCUT2D eigenvalue weighted by atomic mass is 9.89. The fourth-order valence-corrected chi connectivity index (χ4v) is 6.68. The second-order valence-electron chi connectivity index (χ2n) is 11.7. The third-order valence-electron chi connectivity index (χ3n) is 9.11. The Labute approximate surface area is 243 Å². The van der Waals surface area contributed by atoms with Crippen molar-refractivity contribution in [1.29, 1.82) is 0 Å². The molecule has 0 atom stereocenters. The average Bonchev–Trinajstić information content (AvgIpc) is 3.53. The van der Waals surface area contributed by atoms with Crippen LogP contribution in [0.15, 0.2) is 48.9 Å². The zero-order chi connectivity index (χ0) is 29.0. The maximum atomic E-state index is 14.3. The predicted molar refractivity (Wildman–Crippen MR) is 162 cm³/mol. The highest BCUT2D eigenvalue weighted by Crippen LogP contribution is 2.39. The van der Waals surface area contributed by atoms with Crippen molar-refractivity contribution < 1.29 is 8.78 Å². The summed E-state index contributed by atoms with van der Waals surface area (Å²) in [7, 11) is 3.93. The first-order valence-electron chi connectivity index (χ1n) is 14.6. The minimum absolute atomic E-state index is 0.124. The zero-order valence-electron chi connectivity index (χ0n) is 23.9. The van der Waals surface area contributed by atoms with E-state index in [0.717, 1.165) is 72.9 Å². The van der Waals surface area contributed by atoms with Gasteiger partial charge in [0, 0.05) is 74.9 Å². The number of benzene rings is 2. The second-order valence-corrected chi connectivity index (χ2v) is 11.7. The number of piperazine rings is 1. The Balaban J connectivity index is 1.13. The number of halogens is 2. The molecule has 7 rings (SSSR count). The minimum atomic E-state index is -0.687. The Kier molecular flexibility index (Phi) is 6.78.